The molecule has 2 unspecified atom stereocenters. The average molecular weight is 242 g/mol. The number of carbonyl (C=O) groups excluding carboxylic acids is 1. The van der Waals surface area contributed by atoms with Gasteiger partial charge in [-0.1, -0.05) is 6.92 Å². The van der Waals surface area contributed by atoms with Crippen molar-refractivity contribution in [2.45, 2.75) is 26.2 Å². The number of amides is 1. The number of likely N-dealkylation sites (N-methyl/N-ethyl adjacent to an activating group) is 1. The molecule has 1 aliphatic heterocycles. The summed E-state index contributed by atoms with van der Waals surface area (Å²) in [6, 6.07) is 0. The number of hydrogen-bond acceptors (Lipinski definition) is 3. The Morgan fingerprint density at radius 3 is 2.76 bits per heavy atom. The highest BCUT2D eigenvalue weighted by Crippen LogP contribution is 2.22. The average Bonchev–Trinajstić information content (AvgIpc) is 2.29. The molecule has 0 aromatic rings. The molecule has 17 heavy (non-hydrogen) atoms. The summed E-state index contributed by atoms with van der Waals surface area (Å²) >= 11 is 0. The predicted octanol–water partition coefficient (Wildman–Crippen LogP) is 0.555. The van der Waals surface area contributed by atoms with E-state index in [4.69, 9.17) is 5.11 Å². The van der Waals surface area contributed by atoms with Crippen LogP contribution in [0, 0.1) is 11.8 Å². The molecule has 0 radical (unpaired) electrons. The number of carboxylic acids is 1. The van der Waals surface area contributed by atoms with E-state index in [1.165, 1.54) is 4.90 Å². The molecule has 1 amide bonds. The summed E-state index contributed by atoms with van der Waals surface area (Å²) in [5.74, 6) is -0.198. The van der Waals surface area contributed by atoms with Gasteiger partial charge >= 0.3 is 5.97 Å². The number of carbonyl (C=O) groups is 2. The minimum Gasteiger partial charge on any atom is -0.480 e. The molecule has 5 heteroatoms. The van der Waals surface area contributed by atoms with Crippen molar-refractivity contribution in [2.75, 3.05) is 26.7 Å². The fourth-order valence-electron chi connectivity index (χ4n) is 2.25. The van der Waals surface area contributed by atoms with Crippen LogP contribution in [-0.2, 0) is 9.59 Å². The van der Waals surface area contributed by atoms with Crippen LogP contribution < -0.4 is 5.32 Å². The van der Waals surface area contributed by atoms with E-state index in [1.54, 1.807) is 7.05 Å². The maximum atomic E-state index is 11.8. The first-order chi connectivity index (χ1) is 8.00. The number of rotatable bonds is 5. The second kappa shape index (κ2) is 6.59. The number of piperidine rings is 1. The monoisotopic (exact) mass is 242 g/mol. The molecule has 1 aliphatic rings. The Hall–Kier alpha value is -1.10. The number of hydrogen-bond donors (Lipinski definition) is 2. The standard InChI is InChI=1S/C12H22N2O3/c1-9(10-4-3-5-13-7-10)6-11(15)14(2)8-12(16)17/h9-10,13H,3-8H2,1-2H3,(H,16,17). The maximum absolute atomic E-state index is 11.8. The summed E-state index contributed by atoms with van der Waals surface area (Å²) in [5.41, 5.74) is 0. The molecule has 0 saturated carbocycles. The topological polar surface area (TPSA) is 69.6 Å². The SMILES string of the molecule is CC(CC(=O)N(C)CC(=O)O)C1CCCNC1. The Balaban J connectivity index is 2.36. The predicted molar refractivity (Wildman–Crippen MR) is 64.6 cm³/mol. The molecular weight excluding hydrogens is 220 g/mol. The van der Waals surface area contributed by atoms with Crippen molar-refractivity contribution in [3.8, 4) is 0 Å². The van der Waals surface area contributed by atoms with Crippen molar-refractivity contribution >= 4 is 11.9 Å². The molecule has 0 bridgehead atoms. The van der Waals surface area contributed by atoms with Crippen LogP contribution in [0.15, 0.2) is 0 Å². The summed E-state index contributed by atoms with van der Waals surface area (Å²) in [4.78, 5) is 23.6. The van der Waals surface area contributed by atoms with Gasteiger partial charge in [0.15, 0.2) is 0 Å². The lowest BCUT2D eigenvalue weighted by atomic mass is 9.85. The van der Waals surface area contributed by atoms with Crippen molar-refractivity contribution in [2.24, 2.45) is 11.8 Å². The van der Waals surface area contributed by atoms with Crippen molar-refractivity contribution < 1.29 is 14.7 Å². The van der Waals surface area contributed by atoms with Crippen LogP contribution in [0.25, 0.3) is 0 Å². The second-order valence-corrected chi connectivity index (χ2v) is 4.93. The normalized spacial score (nSPS) is 21.9. The van der Waals surface area contributed by atoms with Gasteiger partial charge in [0.05, 0.1) is 0 Å². The third-order valence-electron chi connectivity index (χ3n) is 3.43. The zero-order valence-corrected chi connectivity index (χ0v) is 10.6. The van der Waals surface area contributed by atoms with Gasteiger partial charge in [0, 0.05) is 13.5 Å². The molecular formula is C12H22N2O3. The van der Waals surface area contributed by atoms with Crippen LogP contribution in [0.5, 0.6) is 0 Å². The molecule has 1 saturated heterocycles. The third-order valence-corrected chi connectivity index (χ3v) is 3.43. The summed E-state index contributed by atoms with van der Waals surface area (Å²) in [6.07, 6.45) is 2.76. The summed E-state index contributed by atoms with van der Waals surface area (Å²) in [6.45, 7) is 3.89. The molecule has 2 atom stereocenters. The Bertz CT molecular complexity index is 275. The van der Waals surface area contributed by atoms with Crippen molar-refractivity contribution in [1.82, 2.24) is 10.2 Å². The largest absolute Gasteiger partial charge is 0.480 e. The number of nitrogens with zero attached hydrogens (tertiary/aromatic N) is 1. The fourth-order valence-corrected chi connectivity index (χ4v) is 2.25. The van der Waals surface area contributed by atoms with E-state index in [9.17, 15) is 9.59 Å². The fraction of sp³-hybridized carbons (Fsp3) is 0.833. The molecule has 0 spiro atoms. The zero-order valence-electron chi connectivity index (χ0n) is 10.6. The first kappa shape index (κ1) is 14.0. The molecule has 98 valence electrons. The van der Waals surface area contributed by atoms with Gasteiger partial charge in [0.2, 0.25) is 5.91 Å². The molecule has 1 fully saturated rings. The highest BCUT2D eigenvalue weighted by molar-refractivity contribution is 5.81. The van der Waals surface area contributed by atoms with E-state index < -0.39 is 5.97 Å². The molecule has 2 N–H and O–H groups in total. The van der Waals surface area contributed by atoms with E-state index in [1.807, 2.05) is 0 Å². The smallest absolute Gasteiger partial charge is 0.323 e. The Morgan fingerprint density at radius 2 is 2.24 bits per heavy atom. The Labute approximate surface area is 102 Å². The number of nitrogens with one attached hydrogen (secondary N) is 1. The molecule has 0 aromatic heterocycles. The lowest BCUT2D eigenvalue weighted by molar-refractivity contribution is -0.143. The number of aliphatic carboxylic acids is 1. The third kappa shape index (κ3) is 4.73. The second-order valence-electron chi connectivity index (χ2n) is 4.93. The summed E-state index contributed by atoms with van der Waals surface area (Å²) in [5, 5.41) is 11.9. The van der Waals surface area contributed by atoms with E-state index in [0.717, 1.165) is 25.9 Å². The van der Waals surface area contributed by atoms with E-state index in [0.29, 0.717) is 18.3 Å². The molecule has 0 aliphatic carbocycles. The lowest BCUT2D eigenvalue weighted by Gasteiger charge is -2.29. The minimum absolute atomic E-state index is 0.0783. The van der Waals surface area contributed by atoms with E-state index in [2.05, 4.69) is 12.2 Å². The van der Waals surface area contributed by atoms with Gasteiger partial charge in [-0.15, -0.1) is 0 Å². The van der Waals surface area contributed by atoms with Crippen LogP contribution in [0.3, 0.4) is 0 Å². The van der Waals surface area contributed by atoms with Crippen LogP contribution in [0.1, 0.15) is 26.2 Å². The van der Waals surface area contributed by atoms with Gasteiger partial charge in [0.25, 0.3) is 0 Å². The van der Waals surface area contributed by atoms with E-state index >= 15 is 0 Å². The molecule has 1 rings (SSSR count). The maximum Gasteiger partial charge on any atom is 0.323 e. The van der Waals surface area contributed by atoms with Gasteiger partial charge in [0.1, 0.15) is 6.54 Å². The van der Waals surface area contributed by atoms with Crippen molar-refractivity contribution in [3.63, 3.8) is 0 Å². The Morgan fingerprint density at radius 1 is 1.53 bits per heavy atom. The molecule has 0 aromatic carbocycles. The van der Waals surface area contributed by atoms with Crippen LogP contribution in [0.4, 0.5) is 0 Å². The molecule has 5 nitrogen and oxygen atoms in total. The van der Waals surface area contributed by atoms with Crippen molar-refractivity contribution in [1.29, 1.82) is 0 Å². The van der Waals surface area contributed by atoms with Gasteiger partial charge in [-0.3, -0.25) is 9.59 Å². The first-order valence-electron chi connectivity index (χ1n) is 6.17. The van der Waals surface area contributed by atoms with Crippen LogP contribution >= 0.6 is 0 Å². The Kier molecular flexibility index (Phi) is 5.41. The summed E-state index contributed by atoms with van der Waals surface area (Å²) in [7, 11) is 1.54. The van der Waals surface area contributed by atoms with Gasteiger partial charge < -0.3 is 15.3 Å². The van der Waals surface area contributed by atoms with Crippen molar-refractivity contribution in [3.05, 3.63) is 0 Å². The van der Waals surface area contributed by atoms with Gasteiger partial charge in [-0.2, -0.15) is 0 Å². The highest BCUT2D eigenvalue weighted by atomic mass is 16.4. The minimum atomic E-state index is -0.965. The van der Waals surface area contributed by atoms with Crippen LogP contribution in [-0.4, -0.2) is 48.6 Å². The lowest BCUT2D eigenvalue weighted by Crippen LogP contribution is -2.37. The zero-order chi connectivity index (χ0) is 12.8. The quantitative estimate of drug-likeness (QED) is 0.739. The van der Waals surface area contributed by atoms with Gasteiger partial charge in [-0.25, -0.2) is 0 Å². The van der Waals surface area contributed by atoms with Gasteiger partial charge in [-0.05, 0) is 37.8 Å². The van der Waals surface area contributed by atoms with Crippen LogP contribution in [0.2, 0.25) is 0 Å². The first-order valence-corrected chi connectivity index (χ1v) is 6.17. The number of carboxylic acid groups (broad SMARTS) is 1. The highest BCUT2D eigenvalue weighted by Gasteiger charge is 2.23. The van der Waals surface area contributed by atoms with E-state index in [-0.39, 0.29) is 12.5 Å². The molecule has 1 heterocycles. The summed E-state index contributed by atoms with van der Waals surface area (Å²) < 4.78 is 0.